The van der Waals surface area contributed by atoms with Crippen LogP contribution in [0.15, 0.2) is 176 Å². The predicted molar refractivity (Wildman–Crippen MR) is 297 cm³/mol. The molecular weight excluding hydrogens is 1030 g/mol. The second-order valence-corrected chi connectivity index (χ2v) is 19.9. The molecule has 81 heavy (non-hydrogen) atoms. The fraction of sp³-hybridized carbons (Fsp3) is 0.226. The number of anilines is 3. The van der Waals surface area contributed by atoms with Gasteiger partial charge in [0.1, 0.15) is 48.6 Å². The monoisotopic (exact) mass is 1080 g/mol. The summed E-state index contributed by atoms with van der Waals surface area (Å²) in [6, 6.07) is 46.9. The van der Waals surface area contributed by atoms with Gasteiger partial charge in [-0.3, -0.25) is 29.4 Å². The largest absolute Gasteiger partial charge is 0.491 e. The number of carbonyl (C=O) groups is 4. The number of esters is 1. The standard InChI is InChI=1S/C62H52N8O11/c71-34-37-79-52-20-10-7-17-47(52)57-62(48-38-40(12-11-31-67-51-19-9-8-18-49(51)64-65-67)23-30-50(48)68(60(62)74)61(75)80-39-41-21-26-46(27-22-41)70(76)77)53(58(72)63-44-24-28-45(29-25-44)66-32-35-78-36-33-66)55-59(73)81-56(43-15-5-2-6-16-43)54(69(55)57)42-13-3-1-4-14-42/h1-10,13-30,38,53-57,71H,31-37,39H2,(H,63,72)/t53-,54-,55-,56+,57+,62-/m1/s1. The van der Waals surface area contributed by atoms with Gasteiger partial charge in [-0.05, 0) is 95.1 Å². The number of para-hydroxylation sites is 2. The summed E-state index contributed by atoms with van der Waals surface area (Å²) in [4.78, 5) is 80.1. The van der Waals surface area contributed by atoms with Crippen molar-refractivity contribution in [3.8, 4) is 17.6 Å². The number of non-ortho nitro benzene ring substituents is 1. The van der Waals surface area contributed by atoms with Gasteiger partial charge in [0.15, 0.2) is 0 Å². The van der Waals surface area contributed by atoms with Crippen LogP contribution in [0.3, 0.4) is 0 Å². The van der Waals surface area contributed by atoms with Crippen LogP contribution >= 0.6 is 0 Å². The summed E-state index contributed by atoms with van der Waals surface area (Å²) in [5, 5.41) is 33.5. The Morgan fingerprint density at radius 2 is 1.52 bits per heavy atom. The molecule has 19 nitrogen and oxygen atoms in total. The Hall–Kier alpha value is -9.74. The third-order valence-electron chi connectivity index (χ3n) is 15.4. The minimum atomic E-state index is -2.24. The van der Waals surface area contributed by atoms with Crippen molar-refractivity contribution in [1.29, 1.82) is 0 Å². The van der Waals surface area contributed by atoms with Gasteiger partial charge in [0.05, 0.1) is 53.9 Å². The quantitative estimate of drug-likeness (QED) is 0.0480. The number of morpholine rings is 2. The van der Waals surface area contributed by atoms with Gasteiger partial charge in [-0.25, -0.2) is 14.4 Å². The second kappa shape index (κ2) is 22.2. The molecule has 19 heteroatoms. The third-order valence-corrected chi connectivity index (χ3v) is 15.4. The topological polar surface area (TPSA) is 221 Å². The van der Waals surface area contributed by atoms with E-state index in [4.69, 9.17) is 18.9 Å². The average Bonchev–Trinajstić information content (AvgIpc) is 4.15. The number of ether oxygens (including phenoxy) is 4. The molecule has 0 unspecified atom stereocenters. The van der Waals surface area contributed by atoms with Crippen molar-refractivity contribution in [2.24, 2.45) is 5.92 Å². The van der Waals surface area contributed by atoms with Gasteiger partial charge < -0.3 is 34.3 Å². The Balaban J connectivity index is 1.09. The summed E-state index contributed by atoms with van der Waals surface area (Å²) in [7, 11) is 0. The molecule has 3 amide bonds. The zero-order valence-corrected chi connectivity index (χ0v) is 43.4. The second-order valence-electron chi connectivity index (χ2n) is 19.9. The molecule has 0 aliphatic carbocycles. The van der Waals surface area contributed by atoms with E-state index in [-0.39, 0.29) is 42.4 Å². The zero-order valence-electron chi connectivity index (χ0n) is 43.4. The Morgan fingerprint density at radius 3 is 2.26 bits per heavy atom. The Kier molecular flexibility index (Phi) is 14.2. The van der Waals surface area contributed by atoms with Crippen LogP contribution in [-0.2, 0) is 47.2 Å². The highest BCUT2D eigenvalue weighted by Gasteiger charge is 2.76. The molecular formula is C62H52N8O11. The Bertz CT molecular complexity index is 3750. The molecule has 4 aliphatic rings. The molecule has 6 atom stereocenters. The van der Waals surface area contributed by atoms with Gasteiger partial charge in [0, 0.05) is 47.7 Å². The van der Waals surface area contributed by atoms with Crippen LogP contribution in [0.1, 0.15) is 51.6 Å². The van der Waals surface area contributed by atoms with E-state index in [0.29, 0.717) is 65.3 Å². The summed E-state index contributed by atoms with van der Waals surface area (Å²) < 4.78 is 26.2. The first-order chi connectivity index (χ1) is 39.6. The molecule has 5 heterocycles. The maximum Gasteiger partial charge on any atom is 0.421 e. The average molecular weight is 1090 g/mol. The van der Waals surface area contributed by atoms with Gasteiger partial charge in [-0.15, -0.1) is 5.10 Å². The number of nitrogens with zero attached hydrogens (tertiary/aromatic N) is 7. The maximum atomic E-state index is 16.9. The smallest absolute Gasteiger partial charge is 0.421 e. The van der Waals surface area contributed by atoms with Crippen molar-refractivity contribution in [1.82, 2.24) is 19.9 Å². The molecule has 0 saturated carbocycles. The number of amides is 3. The van der Waals surface area contributed by atoms with Crippen molar-refractivity contribution in [2.45, 2.75) is 42.8 Å². The lowest BCUT2D eigenvalue weighted by atomic mass is 9.65. The SMILES string of the molecule is O=C1O[C@@H](c2ccccc2)[C@@H](c2ccccc2)N2[C@@H](c3ccccc3OCCO)[C@]3(C(=O)N(C(=O)OCc4ccc([N+](=O)[O-])cc4)c4ccc(C#CCn5nnc6ccccc65)cc43)[C@@H](C(=O)Nc3ccc(N4CCOCC4)cc3)[C@H]12. The van der Waals surface area contributed by atoms with Crippen molar-refractivity contribution < 1.29 is 48.2 Å². The van der Waals surface area contributed by atoms with Crippen LogP contribution < -0.4 is 19.9 Å². The molecule has 3 fully saturated rings. The number of aliphatic hydroxyl groups excluding tert-OH is 1. The number of rotatable bonds is 13. The summed E-state index contributed by atoms with van der Waals surface area (Å²) in [5.74, 6) is 2.55. The van der Waals surface area contributed by atoms with Crippen molar-refractivity contribution >= 4 is 57.7 Å². The summed E-state index contributed by atoms with van der Waals surface area (Å²) in [6.07, 6.45) is -2.13. The van der Waals surface area contributed by atoms with Crippen LogP contribution in [0.2, 0.25) is 0 Å². The van der Waals surface area contributed by atoms with Crippen LogP contribution in [0.25, 0.3) is 11.0 Å². The number of cyclic esters (lactones) is 1. The van der Waals surface area contributed by atoms with E-state index >= 15 is 19.2 Å². The van der Waals surface area contributed by atoms with E-state index in [1.807, 2.05) is 102 Å². The number of imide groups is 1. The van der Waals surface area contributed by atoms with E-state index in [1.165, 1.54) is 24.3 Å². The lowest BCUT2D eigenvalue weighted by Crippen LogP contribution is -2.54. The number of fused-ring (bicyclic) bond motifs is 4. The van der Waals surface area contributed by atoms with Gasteiger partial charge >= 0.3 is 12.1 Å². The summed E-state index contributed by atoms with van der Waals surface area (Å²) in [6.45, 7) is 1.66. The minimum absolute atomic E-state index is 0.0528. The van der Waals surface area contributed by atoms with Crippen molar-refractivity contribution in [2.75, 3.05) is 54.6 Å². The van der Waals surface area contributed by atoms with Gasteiger partial charge in [-0.2, -0.15) is 0 Å². The highest BCUT2D eigenvalue weighted by Crippen LogP contribution is 2.67. The van der Waals surface area contributed by atoms with Crippen LogP contribution in [0.4, 0.5) is 27.5 Å². The molecule has 0 radical (unpaired) electrons. The molecule has 12 rings (SSSR count). The number of benzene rings is 7. The lowest BCUT2D eigenvalue weighted by molar-refractivity contribution is -0.384. The van der Waals surface area contributed by atoms with E-state index in [9.17, 15) is 15.2 Å². The fourth-order valence-electron chi connectivity index (χ4n) is 11.9. The molecule has 8 aromatic rings. The highest BCUT2D eigenvalue weighted by atomic mass is 16.6. The number of carbonyl (C=O) groups excluding carboxylic acids is 4. The number of nitrogens with one attached hydrogen (secondary N) is 1. The van der Waals surface area contributed by atoms with Gasteiger partial charge in [0.25, 0.3) is 5.69 Å². The van der Waals surface area contributed by atoms with E-state index in [2.05, 4.69) is 32.4 Å². The van der Waals surface area contributed by atoms with Crippen LogP contribution in [0.5, 0.6) is 5.75 Å². The van der Waals surface area contributed by atoms with Gasteiger partial charge in [-0.1, -0.05) is 108 Å². The number of hydrogen-bond acceptors (Lipinski definition) is 15. The molecule has 406 valence electrons. The Labute approximate surface area is 464 Å². The number of nitro benzene ring substituents is 1. The molecule has 0 bridgehead atoms. The highest BCUT2D eigenvalue weighted by molar-refractivity contribution is 6.24. The fourth-order valence-corrected chi connectivity index (χ4v) is 11.9. The number of hydrogen-bond donors (Lipinski definition) is 2. The van der Waals surface area contributed by atoms with E-state index < -0.39 is 71.0 Å². The molecule has 1 aromatic heterocycles. The lowest BCUT2D eigenvalue weighted by Gasteiger charge is -2.46. The summed E-state index contributed by atoms with van der Waals surface area (Å²) in [5.41, 5.74) is 3.00. The molecule has 1 spiro atoms. The molecule has 4 aliphatic heterocycles. The number of aromatic nitrogens is 3. The molecule has 7 aromatic carbocycles. The normalized spacial score (nSPS) is 21.2. The predicted octanol–water partition coefficient (Wildman–Crippen LogP) is 8.24. The first-order valence-electron chi connectivity index (χ1n) is 26.4. The molecule has 2 N–H and O–H groups in total. The first kappa shape index (κ1) is 52.0. The van der Waals surface area contributed by atoms with Crippen molar-refractivity contribution in [3.05, 3.63) is 219 Å². The van der Waals surface area contributed by atoms with Gasteiger partial charge in [0.2, 0.25) is 11.8 Å². The summed E-state index contributed by atoms with van der Waals surface area (Å²) >= 11 is 0. The van der Waals surface area contributed by atoms with E-state index in [1.54, 1.807) is 59.3 Å². The van der Waals surface area contributed by atoms with Crippen molar-refractivity contribution in [3.63, 3.8) is 0 Å². The molecule has 3 saturated heterocycles. The van der Waals surface area contributed by atoms with Crippen LogP contribution in [-0.4, -0.2) is 99.4 Å². The third kappa shape index (κ3) is 9.54. The maximum absolute atomic E-state index is 16.9. The van der Waals surface area contributed by atoms with E-state index in [0.717, 1.165) is 16.1 Å². The Morgan fingerprint density at radius 1 is 0.815 bits per heavy atom. The van der Waals surface area contributed by atoms with Crippen LogP contribution in [0, 0.1) is 27.9 Å². The number of aliphatic hydroxyl groups is 1. The number of nitro groups is 1. The zero-order chi connectivity index (χ0) is 55.6. The first-order valence-corrected chi connectivity index (χ1v) is 26.4. The minimum Gasteiger partial charge on any atom is -0.491 e.